The Morgan fingerprint density at radius 1 is 1.10 bits per heavy atom. The maximum Gasteiger partial charge on any atom is 0.262 e. The summed E-state index contributed by atoms with van der Waals surface area (Å²) in [5.74, 6) is 0. The van der Waals surface area contributed by atoms with Crippen molar-refractivity contribution in [3.63, 3.8) is 0 Å². The van der Waals surface area contributed by atoms with E-state index >= 15 is 0 Å². The fraction of sp³-hybridized carbons (Fsp3) is 0.154. The van der Waals surface area contributed by atoms with Gasteiger partial charge in [0.05, 0.1) is 16.8 Å². The molecule has 0 aliphatic rings. The topological polar surface area (TPSA) is 59.1 Å². The highest BCUT2D eigenvalue weighted by Gasteiger charge is 2.17. The molecule has 7 heteroatoms. The normalized spacial score (nSPS) is 11.4. The minimum absolute atomic E-state index is 0.243. The molecule has 20 heavy (non-hydrogen) atoms. The van der Waals surface area contributed by atoms with Crippen LogP contribution in [0, 0.1) is 13.8 Å². The predicted octanol–water partition coefficient (Wildman–Crippen LogP) is 4.02. The van der Waals surface area contributed by atoms with Crippen molar-refractivity contribution < 1.29 is 8.42 Å². The standard InChI is InChI=1S/C13H12Br2N2O2S/c1-8-3-4-10(14)6-12(8)20(18,19)17-11-5-9(2)13(15)16-7-11/h3-7,17H,1-2H3. The van der Waals surface area contributed by atoms with Crippen LogP contribution in [-0.2, 0) is 10.0 Å². The summed E-state index contributed by atoms with van der Waals surface area (Å²) in [5, 5.41) is 0. The van der Waals surface area contributed by atoms with Gasteiger partial charge >= 0.3 is 0 Å². The molecular formula is C13H12Br2N2O2S. The number of pyridine rings is 1. The summed E-state index contributed by atoms with van der Waals surface area (Å²) in [5.41, 5.74) is 1.98. The molecule has 0 saturated heterocycles. The second-order valence-corrected chi connectivity index (χ2v) is 7.66. The smallest absolute Gasteiger partial charge is 0.262 e. The quantitative estimate of drug-likeness (QED) is 0.764. The number of sulfonamides is 1. The van der Waals surface area contributed by atoms with Gasteiger partial charge in [-0.1, -0.05) is 22.0 Å². The van der Waals surface area contributed by atoms with Crippen molar-refractivity contribution in [3.05, 3.63) is 50.7 Å². The van der Waals surface area contributed by atoms with Crippen LogP contribution in [0.5, 0.6) is 0 Å². The molecule has 0 fully saturated rings. The molecule has 0 bridgehead atoms. The first-order valence-electron chi connectivity index (χ1n) is 5.71. The van der Waals surface area contributed by atoms with Crippen molar-refractivity contribution >= 4 is 47.6 Å². The van der Waals surface area contributed by atoms with E-state index in [1.54, 1.807) is 31.2 Å². The van der Waals surface area contributed by atoms with Crippen LogP contribution in [0.4, 0.5) is 5.69 Å². The molecule has 0 amide bonds. The molecule has 0 saturated carbocycles. The van der Waals surface area contributed by atoms with E-state index in [9.17, 15) is 8.42 Å². The Morgan fingerprint density at radius 3 is 2.45 bits per heavy atom. The summed E-state index contributed by atoms with van der Waals surface area (Å²) in [7, 11) is -3.63. The summed E-state index contributed by atoms with van der Waals surface area (Å²) in [6.45, 7) is 3.60. The highest BCUT2D eigenvalue weighted by molar-refractivity contribution is 9.10. The van der Waals surface area contributed by atoms with Crippen molar-refractivity contribution in [2.75, 3.05) is 4.72 Å². The van der Waals surface area contributed by atoms with Crippen molar-refractivity contribution in [3.8, 4) is 0 Å². The molecule has 1 heterocycles. The van der Waals surface area contributed by atoms with Crippen LogP contribution in [0.2, 0.25) is 0 Å². The molecule has 106 valence electrons. The van der Waals surface area contributed by atoms with E-state index in [4.69, 9.17) is 0 Å². The number of aryl methyl sites for hydroxylation is 2. The number of aromatic nitrogens is 1. The molecule has 0 atom stereocenters. The average Bonchev–Trinajstić information content (AvgIpc) is 2.36. The van der Waals surface area contributed by atoms with Crippen LogP contribution in [0.15, 0.2) is 44.4 Å². The number of hydrogen-bond donors (Lipinski definition) is 1. The zero-order chi connectivity index (χ0) is 14.9. The first kappa shape index (κ1) is 15.5. The minimum Gasteiger partial charge on any atom is -0.278 e. The summed E-state index contributed by atoms with van der Waals surface area (Å²) < 4.78 is 28.7. The number of halogens is 2. The first-order valence-corrected chi connectivity index (χ1v) is 8.77. The van der Waals surface area contributed by atoms with E-state index in [-0.39, 0.29) is 4.90 Å². The summed E-state index contributed by atoms with van der Waals surface area (Å²) in [4.78, 5) is 4.32. The SMILES string of the molecule is Cc1ccc(Br)cc1S(=O)(=O)Nc1cnc(Br)c(C)c1. The number of benzene rings is 1. The number of hydrogen-bond acceptors (Lipinski definition) is 3. The zero-order valence-corrected chi connectivity index (χ0v) is 14.8. The Labute approximate surface area is 134 Å². The van der Waals surface area contributed by atoms with Crippen LogP contribution < -0.4 is 4.72 Å². The molecule has 0 aliphatic heterocycles. The lowest BCUT2D eigenvalue weighted by molar-refractivity contribution is 0.600. The van der Waals surface area contributed by atoms with E-state index < -0.39 is 10.0 Å². The Bertz CT molecular complexity index is 761. The van der Waals surface area contributed by atoms with Crippen LogP contribution in [-0.4, -0.2) is 13.4 Å². The highest BCUT2D eigenvalue weighted by Crippen LogP contribution is 2.24. The molecule has 0 radical (unpaired) electrons. The third-order valence-electron chi connectivity index (χ3n) is 2.71. The van der Waals surface area contributed by atoms with Crippen LogP contribution >= 0.6 is 31.9 Å². The average molecular weight is 420 g/mol. The van der Waals surface area contributed by atoms with Gasteiger partial charge in [-0.2, -0.15) is 0 Å². The molecule has 2 aromatic rings. The fourth-order valence-electron chi connectivity index (χ4n) is 1.69. The molecule has 1 aromatic carbocycles. The van der Waals surface area contributed by atoms with Crippen molar-refractivity contribution in [1.29, 1.82) is 0 Å². The second kappa shape index (κ2) is 5.83. The molecular weight excluding hydrogens is 408 g/mol. The van der Waals surface area contributed by atoms with Gasteiger partial charge in [0.2, 0.25) is 0 Å². The van der Waals surface area contributed by atoms with Gasteiger partial charge < -0.3 is 0 Å². The van der Waals surface area contributed by atoms with Gasteiger partial charge in [0, 0.05) is 4.47 Å². The number of rotatable bonds is 3. The maximum atomic E-state index is 12.4. The van der Waals surface area contributed by atoms with E-state index in [1.807, 2.05) is 6.92 Å². The Hall–Kier alpha value is -0.920. The lowest BCUT2D eigenvalue weighted by Crippen LogP contribution is -2.14. The van der Waals surface area contributed by atoms with Gasteiger partial charge in [0.15, 0.2) is 0 Å². The number of nitrogens with one attached hydrogen (secondary N) is 1. The molecule has 0 unspecified atom stereocenters. The summed E-state index contributed by atoms with van der Waals surface area (Å²) >= 11 is 6.57. The molecule has 4 nitrogen and oxygen atoms in total. The van der Waals surface area contributed by atoms with Crippen molar-refractivity contribution in [2.45, 2.75) is 18.7 Å². The third kappa shape index (κ3) is 3.39. The monoisotopic (exact) mass is 418 g/mol. The first-order chi connectivity index (χ1) is 9.29. The lowest BCUT2D eigenvalue weighted by Gasteiger charge is -2.11. The highest BCUT2D eigenvalue weighted by atomic mass is 79.9. The number of nitrogens with zero attached hydrogens (tertiary/aromatic N) is 1. The summed E-state index contributed by atoms with van der Waals surface area (Å²) in [6.07, 6.45) is 1.47. The molecule has 0 spiro atoms. The predicted molar refractivity (Wildman–Crippen MR) is 86.4 cm³/mol. The van der Waals surface area contributed by atoms with E-state index in [1.165, 1.54) is 6.20 Å². The molecule has 0 aliphatic carbocycles. The van der Waals surface area contributed by atoms with Crippen LogP contribution in [0.3, 0.4) is 0 Å². The second-order valence-electron chi connectivity index (χ2n) is 4.35. The van der Waals surface area contributed by atoms with Crippen LogP contribution in [0.1, 0.15) is 11.1 Å². The van der Waals surface area contributed by atoms with Gasteiger partial charge in [0.25, 0.3) is 10.0 Å². The Kier molecular flexibility index (Phi) is 4.51. The Morgan fingerprint density at radius 2 is 1.80 bits per heavy atom. The van der Waals surface area contributed by atoms with Gasteiger partial charge in [0.1, 0.15) is 4.60 Å². The lowest BCUT2D eigenvalue weighted by atomic mass is 10.2. The molecule has 2 rings (SSSR count). The van der Waals surface area contributed by atoms with Gasteiger partial charge in [-0.3, -0.25) is 4.72 Å². The fourth-order valence-corrected chi connectivity index (χ4v) is 3.72. The third-order valence-corrected chi connectivity index (χ3v) is 5.55. The Balaban J connectivity index is 2.40. The van der Waals surface area contributed by atoms with E-state index in [0.29, 0.717) is 20.3 Å². The largest absolute Gasteiger partial charge is 0.278 e. The minimum atomic E-state index is -3.63. The van der Waals surface area contributed by atoms with E-state index in [0.717, 1.165) is 5.56 Å². The van der Waals surface area contributed by atoms with Gasteiger partial charge in [-0.05, 0) is 59.1 Å². The van der Waals surface area contributed by atoms with E-state index in [2.05, 4.69) is 41.6 Å². The summed E-state index contributed by atoms with van der Waals surface area (Å²) in [6, 6.07) is 6.86. The molecule has 1 N–H and O–H groups in total. The van der Waals surface area contributed by atoms with Gasteiger partial charge in [-0.25, -0.2) is 13.4 Å². The van der Waals surface area contributed by atoms with Gasteiger partial charge in [-0.15, -0.1) is 0 Å². The molecule has 1 aromatic heterocycles. The van der Waals surface area contributed by atoms with Crippen LogP contribution in [0.25, 0.3) is 0 Å². The maximum absolute atomic E-state index is 12.4. The zero-order valence-electron chi connectivity index (χ0n) is 10.8. The number of anilines is 1. The van der Waals surface area contributed by atoms with Crippen molar-refractivity contribution in [2.24, 2.45) is 0 Å². The van der Waals surface area contributed by atoms with Crippen molar-refractivity contribution in [1.82, 2.24) is 4.98 Å².